The summed E-state index contributed by atoms with van der Waals surface area (Å²) in [6, 6.07) is 13.3. The molecule has 0 radical (unpaired) electrons. The van der Waals surface area contributed by atoms with E-state index >= 15 is 0 Å². The van der Waals surface area contributed by atoms with Gasteiger partial charge in [0.05, 0.1) is 23.8 Å². The third-order valence-corrected chi connectivity index (χ3v) is 8.40. The molecule has 1 fully saturated rings. The lowest BCUT2D eigenvalue weighted by atomic mass is 10.1. The molecule has 12 nitrogen and oxygen atoms in total. The topological polar surface area (TPSA) is 161 Å². The molecule has 0 aliphatic carbocycles. The molecule has 0 saturated carbocycles. The molecule has 1 aliphatic rings. The molecular weight excluding hydrogens is 598 g/mol. The Hall–Kier alpha value is -4.14. The Kier molecular flexibility index (Phi) is 12.4. The minimum absolute atomic E-state index is 0.140. The Morgan fingerprint density at radius 2 is 1.62 bits per heavy atom. The molecule has 2 aromatic rings. The van der Waals surface area contributed by atoms with Gasteiger partial charge in [-0.1, -0.05) is 25.7 Å². The van der Waals surface area contributed by atoms with Crippen molar-refractivity contribution in [2.24, 2.45) is 5.92 Å². The van der Waals surface area contributed by atoms with Gasteiger partial charge < -0.3 is 24.8 Å². The lowest BCUT2D eigenvalue weighted by molar-refractivity contribution is -0.140. The van der Waals surface area contributed by atoms with E-state index in [-0.39, 0.29) is 37.4 Å². The van der Waals surface area contributed by atoms with E-state index in [0.29, 0.717) is 31.0 Å². The fourth-order valence-electron chi connectivity index (χ4n) is 4.42. The van der Waals surface area contributed by atoms with Crippen molar-refractivity contribution in [3.8, 4) is 23.7 Å². The summed E-state index contributed by atoms with van der Waals surface area (Å²) >= 11 is 0. The number of benzene rings is 2. The third-order valence-electron chi connectivity index (χ3n) is 6.80. The maximum Gasteiger partial charge on any atom is 0.322 e. The standard InChI is InChI=1S/C32H41N5O7S/c1-23(2)29(31(39)40)35-45(41,42)37-18-16-36(17-19-37)26-11-8-24(9-12-26)6-7-25-10-13-28(43-20-21-44-32(3,4)5)27(22-25)30(38)34-15-14-33/h8-13,22-23,29,35H,15-21H2,1-5H3,(H,34,38)(H,39,40)/t29-/m1/s1. The minimum atomic E-state index is -3.94. The van der Waals surface area contributed by atoms with Crippen LogP contribution in [0, 0.1) is 29.1 Å². The maximum atomic E-state index is 12.8. The number of carboxylic acids is 1. The lowest BCUT2D eigenvalue weighted by Gasteiger charge is -2.36. The predicted molar refractivity (Wildman–Crippen MR) is 170 cm³/mol. The number of piperazine rings is 1. The predicted octanol–water partition coefficient (Wildman–Crippen LogP) is 2.60. The Labute approximate surface area is 265 Å². The number of nitriles is 1. The zero-order valence-corrected chi connectivity index (χ0v) is 27.1. The van der Waals surface area contributed by atoms with Gasteiger partial charge in [-0.3, -0.25) is 9.59 Å². The van der Waals surface area contributed by atoms with E-state index in [1.807, 2.05) is 51.1 Å². The van der Waals surface area contributed by atoms with Gasteiger partial charge in [-0.15, -0.1) is 0 Å². The molecule has 0 bridgehead atoms. The molecule has 1 aliphatic heterocycles. The summed E-state index contributed by atoms with van der Waals surface area (Å²) in [5.74, 6) is 4.48. The number of carboxylic acid groups (broad SMARTS) is 1. The van der Waals surface area contributed by atoms with Gasteiger partial charge in [0.25, 0.3) is 16.1 Å². The van der Waals surface area contributed by atoms with Crippen LogP contribution in [-0.4, -0.2) is 87.3 Å². The van der Waals surface area contributed by atoms with Gasteiger partial charge in [-0.2, -0.15) is 22.7 Å². The second-order valence-electron chi connectivity index (χ2n) is 11.7. The van der Waals surface area contributed by atoms with Crippen LogP contribution in [0.3, 0.4) is 0 Å². The van der Waals surface area contributed by atoms with Crippen molar-refractivity contribution in [2.45, 2.75) is 46.3 Å². The molecule has 2 aromatic carbocycles. The number of nitrogens with zero attached hydrogens (tertiary/aromatic N) is 3. The van der Waals surface area contributed by atoms with E-state index < -0.39 is 34.0 Å². The summed E-state index contributed by atoms with van der Waals surface area (Å²) in [7, 11) is -3.94. The molecule has 3 N–H and O–H groups in total. The highest BCUT2D eigenvalue weighted by Gasteiger charge is 2.33. The van der Waals surface area contributed by atoms with Crippen molar-refractivity contribution < 1.29 is 32.6 Å². The zero-order chi connectivity index (χ0) is 33.2. The Morgan fingerprint density at radius 3 is 2.20 bits per heavy atom. The van der Waals surface area contributed by atoms with Crippen LogP contribution in [0.25, 0.3) is 0 Å². The smallest absolute Gasteiger partial charge is 0.322 e. The molecule has 0 aromatic heterocycles. The highest BCUT2D eigenvalue weighted by Crippen LogP contribution is 2.22. The number of hydrogen-bond acceptors (Lipinski definition) is 8. The van der Waals surface area contributed by atoms with Crippen LogP contribution >= 0.6 is 0 Å². The number of nitrogens with one attached hydrogen (secondary N) is 2. The van der Waals surface area contributed by atoms with Gasteiger partial charge >= 0.3 is 5.97 Å². The van der Waals surface area contributed by atoms with Crippen molar-refractivity contribution in [3.05, 3.63) is 59.2 Å². The maximum absolute atomic E-state index is 12.8. The monoisotopic (exact) mass is 639 g/mol. The van der Waals surface area contributed by atoms with Gasteiger partial charge in [-0.25, -0.2) is 0 Å². The van der Waals surface area contributed by atoms with Gasteiger partial charge in [0.2, 0.25) is 0 Å². The number of ether oxygens (including phenoxy) is 2. The first-order valence-corrected chi connectivity index (χ1v) is 16.1. The summed E-state index contributed by atoms with van der Waals surface area (Å²) < 4.78 is 40.6. The molecule has 0 spiro atoms. The molecule has 13 heteroatoms. The molecule has 1 atom stereocenters. The van der Waals surface area contributed by atoms with E-state index in [9.17, 15) is 23.1 Å². The SMILES string of the molecule is CC(C)[C@@H](NS(=O)(=O)N1CCN(c2ccc(C#Cc3ccc(OCCOC(C)(C)C)c(C(=O)NCC#N)c3)cc2)CC1)C(=O)O. The zero-order valence-electron chi connectivity index (χ0n) is 26.3. The number of hydrogen-bond donors (Lipinski definition) is 3. The second-order valence-corrected chi connectivity index (χ2v) is 13.4. The van der Waals surface area contributed by atoms with Gasteiger partial charge in [-0.05, 0) is 69.2 Å². The summed E-state index contributed by atoms with van der Waals surface area (Å²) in [4.78, 5) is 26.2. The molecule has 1 amide bonds. The van der Waals surface area contributed by atoms with E-state index in [2.05, 4.69) is 26.8 Å². The highest BCUT2D eigenvalue weighted by atomic mass is 32.2. The molecule has 0 unspecified atom stereocenters. The van der Waals surface area contributed by atoms with Crippen molar-refractivity contribution in [1.29, 1.82) is 5.26 Å². The second kappa shape index (κ2) is 15.7. The Morgan fingerprint density at radius 1 is 1.00 bits per heavy atom. The van der Waals surface area contributed by atoms with Crippen molar-refractivity contribution in [2.75, 3.05) is 50.8 Å². The van der Waals surface area contributed by atoms with Crippen LogP contribution in [0.1, 0.15) is 56.1 Å². The average Bonchev–Trinajstić information content (AvgIpc) is 2.99. The Bertz CT molecular complexity index is 1540. The van der Waals surface area contributed by atoms with E-state index in [1.165, 1.54) is 4.31 Å². The van der Waals surface area contributed by atoms with E-state index in [4.69, 9.17) is 14.7 Å². The van der Waals surface area contributed by atoms with Crippen LogP contribution in [0.4, 0.5) is 5.69 Å². The van der Waals surface area contributed by atoms with Gasteiger partial charge in [0.1, 0.15) is 24.9 Å². The normalized spacial score (nSPS) is 14.6. The first kappa shape index (κ1) is 35.3. The molecular formula is C32H41N5O7S. The van der Waals surface area contributed by atoms with E-state index in [1.54, 1.807) is 32.0 Å². The van der Waals surface area contributed by atoms with Gasteiger partial charge in [0, 0.05) is 43.0 Å². The fraction of sp³-hybridized carbons (Fsp3) is 0.469. The number of rotatable bonds is 12. The quantitative estimate of drug-likeness (QED) is 0.180. The number of amides is 1. The largest absolute Gasteiger partial charge is 0.490 e. The molecule has 3 rings (SSSR count). The number of aliphatic carboxylic acids is 1. The first-order valence-electron chi connectivity index (χ1n) is 14.6. The van der Waals surface area contributed by atoms with Crippen LogP contribution in [0.15, 0.2) is 42.5 Å². The minimum Gasteiger partial charge on any atom is -0.490 e. The molecule has 1 heterocycles. The Balaban J connectivity index is 1.65. The number of carbonyl (C=O) groups is 2. The average molecular weight is 640 g/mol. The summed E-state index contributed by atoms with van der Waals surface area (Å²) in [5.41, 5.74) is 2.19. The third kappa shape index (κ3) is 10.8. The molecule has 45 heavy (non-hydrogen) atoms. The summed E-state index contributed by atoms with van der Waals surface area (Å²) in [6.45, 7) is 10.9. The van der Waals surface area contributed by atoms with E-state index in [0.717, 1.165) is 11.3 Å². The lowest BCUT2D eigenvalue weighted by Crippen LogP contribution is -2.55. The van der Waals surface area contributed by atoms with Crippen LogP contribution in [0.2, 0.25) is 0 Å². The number of carbonyl (C=O) groups excluding carboxylic acids is 1. The highest BCUT2D eigenvalue weighted by molar-refractivity contribution is 7.87. The first-order chi connectivity index (χ1) is 21.2. The summed E-state index contributed by atoms with van der Waals surface area (Å²) in [6.07, 6.45) is 0. The van der Waals surface area contributed by atoms with Crippen molar-refractivity contribution in [3.63, 3.8) is 0 Å². The van der Waals surface area contributed by atoms with Crippen LogP contribution in [0.5, 0.6) is 5.75 Å². The fourth-order valence-corrected chi connectivity index (χ4v) is 5.91. The van der Waals surface area contributed by atoms with Crippen LogP contribution in [-0.2, 0) is 19.7 Å². The number of anilines is 1. The molecule has 242 valence electrons. The van der Waals surface area contributed by atoms with Crippen molar-refractivity contribution in [1.82, 2.24) is 14.3 Å². The summed E-state index contributed by atoms with van der Waals surface area (Å²) in [5, 5.41) is 20.8. The van der Waals surface area contributed by atoms with Crippen molar-refractivity contribution >= 4 is 27.8 Å². The van der Waals surface area contributed by atoms with Gasteiger partial charge in [0.15, 0.2) is 0 Å². The van der Waals surface area contributed by atoms with Crippen LogP contribution < -0.4 is 19.7 Å². The molecule has 1 saturated heterocycles.